The van der Waals surface area contributed by atoms with Crippen molar-refractivity contribution in [3.8, 4) is 16.9 Å². The molecule has 3 aromatic rings. The number of carbonyl (C=O) groups is 1. The van der Waals surface area contributed by atoms with E-state index in [9.17, 15) is 4.79 Å². The number of amides is 1. The molecule has 2 aromatic carbocycles. The number of rotatable bonds is 4. The molecular formula is C18H19N3O3. The number of aryl methyl sites for hydroxylation is 1. The summed E-state index contributed by atoms with van der Waals surface area (Å²) in [4.78, 5) is 14.5. The molecule has 124 valence electrons. The average molecular weight is 325 g/mol. The van der Waals surface area contributed by atoms with E-state index in [4.69, 9.17) is 4.74 Å². The normalized spacial score (nSPS) is 10.5. The third kappa shape index (κ3) is 2.86. The highest BCUT2D eigenvalue weighted by molar-refractivity contribution is 5.99. The molecule has 0 saturated heterocycles. The first-order valence-corrected chi connectivity index (χ1v) is 7.49. The van der Waals surface area contributed by atoms with Gasteiger partial charge in [0, 0.05) is 33.8 Å². The molecule has 1 heterocycles. The molecule has 3 N–H and O–H groups in total. The molecule has 0 fully saturated rings. The highest BCUT2D eigenvalue weighted by atomic mass is 16.5. The molecule has 6 nitrogen and oxygen atoms in total. The molecule has 0 aliphatic rings. The van der Waals surface area contributed by atoms with E-state index >= 15 is 0 Å². The van der Waals surface area contributed by atoms with Gasteiger partial charge in [0.25, 0.3) is 0 Å². The van der Waals surface area contributed by atoms with Crippen LogP contribution < -0.4 is 15.6 Å². The maximum Gasteiger partial charge on any atom is 0.425 e. The summed E-state index contributed by atoms with van der Waals surface area (Å²) in [6.45, 7) is 2.04. The molecule has 3 rings (SSSR count). The van der Waals surface area contributed by atoms with Crippen molar-refractivity contribution in [2.75, 3.05) is 19.6 Å². The Hall–Kier alpha value is -3.15. The molecule has 24 heavy (non-hydrogen) atoms. The van der Waals surface area contributed by atoms with Crippen LogP contribution in [0.1, 0.15) is 5.69 Å². The Balaban J connectivity index is 2.01. The first kappa shape index (κ1) is 15.7. The van der Waals surface area contributed by atoms with Crippen LogP contribution >= 0.6 is 0 Å². The number of aromatic amines is 1. The highest BCUT2D eigenvalue weighted by Gasteiger charge is 2.15. The Kier molecular flexibility index (Phi) is 4.29. The average Bonchev–Trinajstić information content (AvgIpc) is 2.95. The van der Waals surface area contributed by atoms with E-state index in [1.54, 1.807) is 7.11 Å². The second-order valence-corrected chi connectivity index (χ2v) is 5.33. The van der Waals surface area contributed by atoms with E-state index in [0.717, 1.165) is 27.7 Å². The molecule has 0 unspecified atom stereocenters. The topological polar surface area (TPSA) is 75.4 Å². The molecule has 0 aliphatic heterocycles. The lowest BCUT2D eigenvalue weighted by molar-refractivity contribution is 0.173. The number of para-hydroxylation sites is 1. The van der Waals surface area contributed by atoms with Crippen LogP contribution in [0.3, 0.4) is 0 Å². The Morgan fingerprint density at radius 3 is 2.67 bits per heavy atom. The van der Waals surface area contributed by atoms with Crippen LogP contribution in [-0.2, 0) is 4.74 Å². The van der Waals surface area contributed by atoms with E-state index in [1.165, 1.54) is 7.11 Å². The van der Waals surface area contributed by atoms with Crippen molar-refractivity contribution in [2.45, 2.75) is 6.92 Å². The van der Waals surface area contributed by atoms with Gasteiger partial charge in [-0.05, 0) is 25.1 Å². The standard InChI is InChI=1S/C18H19N3O3/c1-11-17(13-6-4-5-7-15(13)19-11)14-9-8-12(10-16(14)23-2)20-21-18(22)24-3/h4-10,19-20H,1-3H3,(H,21,22). The summed E-state index contributed by atoms with van der Waals surface area (Å²) in [5.41, 5.74) is 10.1. The van der Waals surface area contributed by atoms with Gasteiger partial charge in [0.1, 0.15) is 5.75 Å². The van der Waals surface area contributed by atoms with Crippen molar-refractivity contribution in [1.82, 2.24) is 10.4 Å². The number of methoxy groups -OCH3 is 2. The van der Waals surface area contributed by atoms with Crippen molar-refractivity contribution in [1.29, 1.82) is 0 Å². The number of hydrazine groups is 1. The number of benzene rings is 2. The van der Waals surface area contributed by atoms with E-state index in [0.29, 0.717) is 11.4 Å². The summed E-state index contributed by atoms with van der Waals surface area (Å²) in [6, 6.07) is 13.8. The van der Waals surface area contributed by atoms with E-state index in [2.05, 4.69) is 32.7 Å². The molecule has 0 radical (unpaired) electrons. The predicted octanol–water partition coefficient (Wildman–Crippen LogP) is 3.83. The van der Waals surface area contributed by atoms with Gasteiger partial charge < -0.3 is 14.5 Å². The Labute approximate surface area is 139 Å². The number of nitrogens with one attached hydrogen (secondary N) is 3. The number of hydrogen-bond donors (Lipinski definition) is 3. The number of ether oxygens (including phenoxy) is 2. The monoisotopic (exact) mass is 325 g/mol. The number of fused-ring (bicyclic) bond motifs is 1. The largest absolute Gasteiger partial charge is 0.496 e. The van der Waals surface area contributed by atoms with Crippen molar-refractivity contribution in [2.24, 2.45) is 0 Å². The zero-order chi connectivity index (χ0) is 17.1. The zero-order valence-electron chi connectivity index (χ0n) is 13.8. The van der Waals surface area contributed by atoms with Crippen LogP contribution in [0, 0.1) is 6.92 Å². The maximum absolute atomic E-state index is 11.2. The van der Waals surface area contributed by atoms with Gasteiger partial charge in [0.05, 0.1) is 19.9 Å². The molecule has 0 bridgehead atoms. The molecular weight excluding hydrogens is 306 g/mol. The van der Waals surface area contributed by atoms with Crippen LogP contribution in [0.25, 0.3) is 22.0 Å². The van der Waals surface area contributed by atoms with Crippen molar-refractivity contribution >= 4 is 22.7 Å². The molecule has 0 atom stereocenters. The predicted molar refractivity (Wildman–Crippen MR) is 94.2 cm³/mol. The van der Waals surface area contributed by atoms with E-state index in [-0.39, 0.29) is 0 Å². The maximum atomic E-state index is 11.2. The van der Waals surface area contributed by atoms with Crippen LogP contribution in [0.5, 0.6) is 5.75 Å². The minimum atomic E-state index is -0.564. The van der Waals surface area contributed by atoms with Gasteiger partial charge >= 0.3 is 6.09 Å². The lowest BCUT2D eigenvalue weighted by Crippen LogP contribution is -2.28. The highest BCUT2D eigenvalue weighted by Crippen LogP contribution is 2.38. The van der Waals surface area contributed by atoms with Gasteiger partial charge in [-0.3, -0.25) is 5.43 Å². The molecule has 0 aliphatic carbocycles. The Morgan fingerprint density at radius 1 is 1.12 bits per heavy atom. The molecule has 0 spiro atoms. The molecule has 1 amide bonds. The summed E-state index contributed by atoms with van der Waals surface area (Å²) in [7, 11) is 2.93. The van der Waals surface area contributed by atoms with Gasteiger partial charge in [0.15, 0.2) is 0 Å². The Morgan fingerprint density at radius 2 is 1.92 bits per heavy atom. The minimum absolute atomic E-state index is 0.564. The number of hydrogen-bond acceptors (Lipinski definition) is 4. The fraction of sp³-hybridized carbons (Fsp3) is 0.167. The fourth-order valence-corrected chi connectivity index (χ4v) is 2.77. The fourth-order valence-electron chi connectivity index (χ4n) is 2.77. The summed E-state index contributed by atoms with van der Waals surface area (Å²) < 4.78 is 10.1. The van der Waals surface area contributed by atoms with Crippen LogP contribution in [0.4, 0.5) is 10.5 Å². The smallest absolute Gasteiger partial charge is 0.425 e. The van der Waals surface area contributed by atoms with Gasteiger partial charge in [-0.25, -0.2) is 10.2 Å². The van der Waals surface area contributed by atoms with Crippen LogP contribution in [-0.4, -0.2) is 25.3 Å². The lowest BCUT2D eigenvalue weighted by atomic mass is 10.0. The number of anilines is 1. The van der Waals surface area contributed by atoms with E-state index in [1.807, 2.05) is 37.3 Å². The van der Waals surface area contributed by atoms with Crippen LogP contribution in [0.2, 0.25) is 0 Å². The van der Waals surface area contributed by atoms with Crippen molar-refractivity contribution in [3.05, 3.63) is 48.2 Å². The summed E-state index contributed by atoms with van der Waals surface area (Å²) in [5.74, 6) is 0.708. The number of H-pyrrole nitrogens is 1. The number of carbonyl (C=O) groups excluding carboxylic acids is 1. The SMILES string of the molecule is COC(=O)NNc1ccc(-c2c(C)[nH]c3ccccc23)c(OC)c1. The van der Waals surface area contributed by atoms with Gasteiger partial charge in [-0.1, -0.05) is 18.2 Å². The van der Waals surface area contributed by atoms with E-state index < -0.39 is 6.09 Å². The summed E-state index contributed by atoms with van der Waals surface area (Å²) >= 11 is 0. The first-order valence-electron chi connectivity index (χ1n) is 7.49. The van der Waals surface area contributed by atoms with Gasteiger partial charge in [-0.15, -0.1) is 0 Å². The second-order valence-electron chi connectivity index (χ2n) is 5.33. The molecule has 1 aromatic heterocycles. The molecule has 0 saturated carbocycles. The van der Waals surface area contributed by atoms with Crippen LogP contribution in [0.15, 0.2) is 42.5 Å². The van der Waals surface area contributed by atoms with Gasteiger partial charge in [-0.2, -0.15) is 0 Å². The quantitative estimate of drug-likeness (QED) is 0.637. The summed E-state index contributed by atoms with van der Waals surface area (Å²) in [5, 5.41) is 1.14. The third-order valence-corrected chi connectivity index (χ3v) is 3.86. The third-order valence-electron chi connectivity index (χ3n) is 3.86. The van der Waals surface area contributed by atoms with Gasteiger partial charge in [0.2, 0.25) is 0 Å². The molecule has 6 heteroatoms. The first-order chi connectivity index (χ1) is 11.6. The Bertz CT molecular complexity index is 886. The van der Waals surface area contributed by atoms with Crippen molar-refractivity contribution in [3.63, 3.8) is 0 Å². The lowest BCUT2D eigenvalue weighted by Gasteiger charge is -2.13. The number of aromatic nitrogens is 1. The zero-order valence-corrected chi connectivity index (χ0v) is 13.8. The minimum Gasteiger partial charge on any atom is -0.496 e. The summed E-state index contributed by atoms with van der Waals surface area (Å²) in [6.07, 6.45) is -0.564. The van der Waals surface area contributed by atoms with Crippen molar-refractivity contribution < 1.29 is 14.3 Å². The second kappa shape index (κ2) is 6.54.